The Hall–Kier alpha value is -2.78. The molecule has 0 atom stereocenters. The van der Waals surface area contributed by atoms with Crippen LogP contribution in [0.25, 0.3) is 6.08 Å². The molecule has 0 radical (unpaired) electrons. The minimum Gasteiger partial charge on any atom is -0.493 e. The largest absolute Gasteiger partial charge is 0.493 e. The highest BCUT2D eigenvalue weighted by Crippen LogP contribution is 2.38. The maximum atomic E-state index is 12.8. The molecule has 2 amide bonds. The molecule has 0 aliphatic carbocycles. The van der Waals surface area contributed by atoms with Gasteiger partial charge in [-0.2, -0.15) is 0 Å². The fraction of sp³-hybridized carbons (Fsp3) is 0.190. The van der Waals surface area contributed by atoms with E-state index in [4.69, 9.17) is 9.47 Å². The third-order valence-electron chi connectivity index (χ3n) is 4.21. The molecule has 30 heavy (non-hydrogen) atoms. The number of esters is 1. The van der Waals surface area contributed by atoms with Gasteiger partial charge in [-0.1, -0.05) is 40.2 Å². The van der Waals surface area contributed by atoms with Crippen LogP contribution in [-0.2, 0) is 20.9 Å². The maximum Gasteiger partial charge on any atom is 0.343 e. The van der Waals surface area contributed by atoms with Crippen molar-refractivity contribution in [1.82, 2.24) is 4.90 Å². The molecule has 0 spiro atoms. The van der Waals surface area contributed by atoms with Crippen LogP contribution < -0.4 is 9.47 Å². The van der Waals surface area contributed by atoms with E-state index in [1.54, 1.807) is 24.3 Å². The average molecular weight is 492 g/mol. The van der Waals surface area contributed by atoms with Crippen LogP contribution in [0.15, 0.2) is 51.8 Å². The molecule has 1 aliphatic rings. The minimum atomic E-state index is -0.554. The Kier molecular flexibility index (Phi) is 7.17. The topological polar surface area (TPSA) is 82.1 Å². The van der Waals surface area contributed by atoms with Gasteiger partial charge in [0.25, 0.3) is 11.1 Å². The molecule has 0 saturated carbocycles. The number of nitrogens with zero attached hydrogens (tertiary/aromatic N) is 1. The summed E-state index contributed by atoms with van der Waals surface area (Å²) in [5, 5.41) is -0.353. The number of ether oxygens (including phenoxy) is 3. The summed E-state index contributed by atoms with van der Waals surface area (Å²) in [7, 11) is 2.73. The Morgan fingerprint density at radius 3 is 2.53 bits per heavy atom. The lowest BCUT2D eigenvalue weighted by Gasteiger charge is -2.13. The number of carbonyl (C=O) groups is 3. The van der Waals surface area contributed by atoms with Crippen molar-refractivity contribution < 1.29 is 28.6 Å². The number of hydrogen-bond acceptors (Lipinski definition) is 7. The maximum absolute atomic E-state index is 12.8. The van der Waals surface area contributed by atoms with Gasteiger partial charge in [0.15, 0.2) is 18.1 Å². The smallest absolute Gasteiger partial charge is 0.343 e. The first-order valence-corrected chi connectivity index (χ1v) is 10.4. The van der Waals surface area contributed by atoms with E-state index >= 15 is 0 Å². The SMILES string of the molecule is COC(=O)COc1c(/C=C2/SC(=O)N(Cc3ccc(Br)cc3)C2=O)cccc1OC. The lowest BCUT2D eigenvalue weighted by atomic mass is 10.1. The highest BCUT2D eigenvalue weighted by Gasteiger charge is 2.35. The van der Waals surface area contributed by atoms with E-state index in [1.165, 1.54) is 19.1 Å². The second kappa shape index (κ2) is 9.82. The van der Waals surface area contributed by atoms with Crippen molar-refractivity contribution in [2.75, 3.05) is 20.8 Å². The Labute approximate surface area is 186 Å². The number of rotatable bonds is 7. The first kappa shape index (κ1) is 21.9. The molecule has 1 heterocycles. The Bertz CT molecular complexity index is 1010. The molecular weight excluding hydrogens is 474 g/mol. The quantitative estimate of drug-likeness (QED) is 0.422. The van der Waals surface area contributed by atoms with Crippen molar-refractivity contribution in [3.8, 4) is 11.5 Å². The molecule has 1 aliphatic heterocycles. The van der Waals surface area contributed by atoms with Crippen LogP contribution >= 0.6 is 27.7 Å². The third kappa shape index (κ3) is 5.03. The number of carbonyl (C=O) groups excluding carboxylic acids is 3. The third-order valence-corrected chi connectivity index (χ3v) is 5.64. The second-order valence-corrected chi connectivity index (χ2v) is 8.05. The van der Waals surface area contributed by atoms with Crippen LogP contribution in [0.4, 0.5) is 4.79 Å². The number of amides is 2. The molecule has 1 fully saturated rings. The highest BCUT2D eigenvalue weighted by molar-refractivity contribution is 9.10. The van der Waals surface area contributed by atoms with Gasteiger partial charge in [-0.25, -0.2) is 4.79 Å². The van der Waals surface area contributed by atoms with Crippen LogP contribution in [0.3, 0.4) is 0 Å². The average Bonchev–Trinajstić information content (AvgIpc) is 3.01. The zero-order valence-corrected chi connectivity index (χ0v) is 18.6. The summed E-state index contributed by atoms with van der Waals surface area (Å²) in [6, 6.07) is 12.5. The lowest BCUT2D eigenvalue weighted by Crippen LogP contribution is -2.27. The van der Waals surface area contributed by atoms with Gasteiger partial charge in [0, 0.05) is 10.0 Å². The van der Waals surface area contributed by atoms with Gasteiger partial charge in [0.1, 0.15) is 0 Å². The molecule has 1 saturated heterocycles. The van der Waals surface area contributed by atoms with Crippen molar-refractivity contribution in [3.63, 3.8) is 0 Å². The van der Waals surface area contributed by atoms with Crippen LogP contribution in [0.1, 0.15) is 11.1 Å². The predicted molar refractivity (Wildman–Crippen MR) is 116 cm³/mol. The Morgan fingerprint density at radius 2 is 1.87 bits per heavy atom. The molecule has 0 N–H and O–H groups in total. The number of thioether (sulfide) groups is 1. The van der Waals surface area contributed by atoms with Crippen molar-refractivity contribution in [3.05, 3.63) is 63.0 Å². The first-order valence-electron chi connectivity index (χ1n) is 8.79. The van der Waals surface area contributed by atoms with E-state index < -0.39 is 11.9 Å². The standard InChI is InChI=1S/C21H18BrNO6S/c1-27-16-5-3-4-14(19(16)29-12-18(24)28-2)10-17-20(25)23(21(26)30-17)11-13-6-8-15(22)9-7-13/h3-10H,11-12H2,1-2H3/b17-10+. The summed E-state index contributed by atoms with van der Waals surface area (Å²) >= 11 is 4.21. The van der Waals surface area contributed by atoms with Crippen molar-refractivity contribution >= 4 is 50.9 Å². The zero-order valence-electron chi connectivity index (χ0n) is 16.2. The van der Waals surface area contributed by atoms with E-state index in [-0.39, 0.29) is 29.0 Å². The van der Waals surface area contributed by atoms with E-state index in [9.17, 15) is 14.4 Å². The van der Waals surface area contributed by atoms with E-state index in [1.807, 2.05) is 24.3 Å². The number of halogens is 1. The van der Waals surface area contributed by atoms with Gasteiger partial charge in [0.05, 0.1) is 25.7 Å². The Balaban J connectivity index is 1.86. The number of benzene rings is 2. The molecule has 9 heteroatoms. The molecule has 7 nitrogen and oxygen atoms in total. The summed E-state index contributed by atoms with van der Waals surface area (Å²) in [5.74, 6) is -0.275. The molecule has 2 aromatic carbocycles. The summed E-state index contributed by atoms with van der Waals surface area (Å²) in [6.07, 6.45) is 1.56. The summed E-state index contributed by atoms with van der Waals surface area (Å²) in [4.78, 5) is 38.2. The lowest BCUT2D eigenvalue weighted by molar-refractivity contribution is -0.143. The molecular formula is C21H18BrNO6S. The molecule has 156 valence electrons. The number of para-hydroxylation sites is 1. The van der Waals surface area contributed by atoms with E-state index in [0.717, 1.165) is 21.8 Å². The number of hydrogen-bond donors (Lipinski definition) is 0. The van der Waals surface area contributed by atoms with Gasteiger partial charge in [-0.3, -0.25) is 14.5 Å². The summed E-state index contributed by atoms with van der Waals surface area (Å²) in [6.45, 7) is -0.137. The first-order chi connectivity index (χ1) is 14.4. The van der Waals surface area contributed by atoms with Crippen LogP contribution in [0.2, 0.25) is 0 Å². The van der Waals surface area contributed by atoms with Crippen LogP contribution in [0, 0.1) is 0 Å². The molecule has 0 aromatic heterocycles. The number of methoxy groups -OCH3 is 2. The second-order valence-electron chi connectivity index (χ2n) is 6.14. The molecule has 3 rings (SSSR count). The summed E-state index contributed by atoms with van der Waals surface area (Å²) < 4.78 is 16.4. The monoisotopic (exact) mass is 491 g/mol. The van der Waals surface area contributed by atoms with Gasteiger partial charge in [0.2, 0.25) is 0 Å². The van der Waals surface area contributed by atoms with Gasteiger partial charge in [-0.15, -0.1) is 0 Å². The van der Waals surface area contributed by atoms with Gasteiger partial charge >= 0.3 is 5.97 Å². The molecule has 0 unspecified atom stereocenters. The van der Waals surface area contributed by atoms with Gasteiger partial charge in [-0.05, 0) is 41.6 Å². The van der Waals surface area contributed by atoms with Crippen molar-refractivity contribution in [2.45, 2.75) is 6.54 Å². The van der Waals surface area contributed by atoms with Gasteiger partial charge < -0.3 is 14.2 Å². The molecule has 2 aromatic rings. The predicted octanol–water partition coefficient (Wildman–Crippen LogP) is 4.25. The number of imide groups is 1. The fourth-order valence-corrected chi connectivity index (χ4v) is 3.80. The highest BCUT2D eigenvalue weighted by atomic mass is 79.9. The van der Waals surface area contributed by atoms with Crippen LogP contribution in [-0.4, -0.2) is 42.8 Å². The van der Waals surface area contributed by atoms with E-state index in [2.05, 4.69) is 20.7 Å². The Morgan fingerprint density at radius 1 is 1.13 bits per heavy atom. The normalized spacial score (nSPS) is 14.9. The minimum absolute atomic E-state index is 0.180. The van der Waals surface area contributed by atoms with E-state index in [0.29, 0.717) is 11.3 Å². The molecule has 0 bridgehead atoms. The van der Waals surface area contributed by atoms with Crippen LogP contribution in [0.5, 0.6) is 11.5 Å². The summed E-state index contributed by atoms with van der Waals surface area (Å²) in [5.41, 5.74) is 1.35. The van der Waals surface area contributed by atoms with Crippen molar-refractivity contribution in [1.29, 1.82) is 0 Å². The van der Waals surface area contributed by atoms with Crippen molar-refractivity contribution in [2.24, 2.45) is 0 Å². The zero-order chi connectivity index (χ0) is 21.7. The fourth-order valence-electron chi connectivity index (χ4n) is 2.70.